The van der Waals surface area contributed by atoms with E-state index < -0.39 is 17.2 Å². The van der Waals surface area contributed by atoms with Crippen LogP contribution in [0.3, 0.4) is 0 Å². The van der Waals surface area contributed by atoms with Gasteiger partial charge in [-0.15, -0.1) is 0 Å². The number of halogens is 1. The largest absolute Gasteiger partial charge is 0.477 e. The average molecular weight is 288 g/mol. The van der Waals surface area contributed by atoms with Crippen molar-refractivity contribution in [3.8, 4) is 0 Å². The number of aromatic carboxylic acids is 1. The van der Waals surface area contributed by atoms with Crippen molar-refractivity contribution in [2.45, 2.75) is 18.9 Å². The van der Waals surface area contributed by atoms with Crippen LogP contribution in [0.4, 0.5) is 4.39 Å². The number of carboxylic acids is 1. The van der Waals surface area contributed by atoms with Gasteiger partial charge in [-0.05, 0) is 18.9 Å². The highest BCUT2D eigenvalue weighted by atomic mass is 19.1. The van der Waals surface area contributed by atoms with E-state index in [-0.39, 0.29) is 33.6 Å². The van der Waals surface area contributed by atoms with Gasteiger partial charge in [0.1, 0.15) is 11.1 Å². The number of rotatable bonds is 2. The maximum Gasteiger partial charge on any atom is 0.341 e. The van der Waals surface area contributed by atoms with Gasteiger partial charge in [-0.2, -0.15) is 0 Å². The molecule has 0 spiro atoms. The normalized spacial score (nSPS) is 14.9. The number of pyridine rings is 1. The number of nitrogens with zero attached hydrogens (tertiary/aromatic N) is 2. The number of hydrogen-bond donors (Lipinski definition) is 1. The van der Waals surface area contributed by atoms with Crippen LogP contribution in [0, 0.1) is 5.82 Å². The van der Waals surface area contributed by atoms with Crippen LogP contribution in [0.15, 0.2) is 27.9 Å². The molecule has 106 valence electrons. The number of carbonyl (C=O) groups is 1. The Morgan fingerprint density at radius 3 is 2.90 bits per heavy atom. The first-order chi connectivity index (χ1) is 10.1. The molecule has 4 rings (SSSR count). The van der Waals surface area contributed by atoms with Crippen molar-refractivity contribution < 1.29 is 18.7 Å². The summed E-state index contributed by atoms with van der Waals surface area (Å²) in [5, 5.41) is 9.15. The van der Waals surface area contributed by atoms with Crippen LogP contribution in [-0.4, -0.2) is 20.6 Å². The lowest BCUT2D eigenvalue weighted by molar-refractivity contribution is 0.0695. The Labute approximate surface area is 116 Å². The Morgan fingerprint density at radius 1 is 1.48 bits per heavy atom. The third-order valence-electron chi connectivity index (χ3n) is 3.73. The van der Waals surface area contributed by atoms with Gasteiger partial charge in [0.2, 0.25) is 5.43 Å². The molecule has 2 heterocycles. The first-order valence-electron chi connectivity index (χ1n) is 6.41. The summed E-state index contributed by atoms with van der Waals surface area (Å²) in [4.78, 5) is 27.3. The van der Waals surface area contributed by atoms with E-state index in [9.17, 15) is 14.0 Å². The second-order valence-electron chi connectivity index (χ2n) is 5.10. The van der Waals surface area contributed by atoms with Crippen LogP contribution >= 0.6 is 0 Å². The van der Waals surface area contributed by atoms with E-state index in [1.54, 1.807) is 0 Å². The van der Waals surface area contributed by atoms with Crippen LogP contribution in [0.2, 0.25) is 0 Å². The molecule has 0 amide bonds. The topological polar surface area (TPSA) is 85.3 Å². The van der Waals surface area contributed by atoms with Gasteiger partial charge in [-0.1, -0.05) is 0 Å². The van der Waals surface area contributed by atoms with E-state index in [0.717, 1.165) is 19.2 Å². The fraction of sp³-hybridized carbons (Fsp3) is 0.214. The summed E-state index contributed by atoms with van der Waals surface area (Å²) in [6.45, 7) is 0. The minimum absolute atomic E-state index is 0.00329. The smallest absolute Gasteiger partial charge is 0.341 e. The van der Waals surface area contributed by atoms with Crippen molar-refractivity contribution in [3.05, 3.63) is 40.3 Å². The standard InChI is InChI=1S/C14H9FN2O4/c15-10-11-9(21-5-16-11)3-7-12(10)17(6-1-2-6)4-8(13(7)18)14(19)20/h3-6H,1-2H2,(H,19,20). The molecule has 1 aliphatic rings. The Balaban J connectivity index is 2.25. The average Bonchev–Trinajstić information content (AvgIpc) is 3.17. The molecule has 0 atom stereocenters. The number of carboxylic acid groups (broad SMARTS) is 1. The van der Waals surface area contributed by atoms with Crippen LogP contribution in [0.1, 0.15) is 29.2 Å². The fourth-order valence-corrected chi connectivity index (χ4v) is 2.58. The van der Waals surface area contributed by atoms with E-state index in [4.69, 9.17) is 9.52 Å². The van der Waals surface area contributed by atoms with Crippen molar-refractivity contribution in [2.24, 2.45) is 0 Å². The number of fused-ring (bicyclic) bond motifs is 2. The summed E-state index contributed by atoms with van der Waals surface area (Å²) in [6, 6.07) is 1.37. The second-order valence-corrected chi connectivity index (χ2v) is 5.10. The molecule has 1 N–H and O–H groups in total. The van der Waals surface area contributed by atoms with Gasteiger partial charge >= 0.3 is 5.97 Å². The van der Waals surface area contributed by atoms with E-state index in [2.05, 4.69) is 4.98 Å². The quantitative estimate of drug-likeness (QED) is 0.782. The molecule has 0 aliphatic heterocycles. The van der Waals surface area contributed by atoms with Gasteiger partial charge in [0, 0.05) is 12.2 Å². The monoisotopic (exact) mass is 288 g/mol. The van der Waals surface area contributed by atoms with Gasteiger partial charge in [-0.25, -0.2) is 14.2 Å². The summed E-state index contributed by atoms with van der Waals surface area (Å²) in [5.74, 6) is -1.98. The summed E-state index contributed by atoms with van der Waals surface area (Å²) in [7, 11) is 0. The highest BCUT2D eigenvalue weighted by Crippen LogP contribution is 2.38. The number of oxazole rings is 1. The van der Waals surface area contributed by atoms with Crippen molar-refractivity contribution in [1.82, 2.24) is 9.55 Å². The number of benzene rings is 1. The molecule has 0 unspecified atom stereocenters. The third kappa shape index (κ3) is 1.60. The van der Waals surface area contributed by atoms with Crippen LogP contribution in [-0.2, 0) is 0 Å². The Kier molecular flexibility index (Phi) is 2.25. The predicted octanol–water partition coefficient (Wildman–Crippen LogP) is 2.31. The summed E-state index contributed by atoms with van der Waals surface area (Å²) in [6.07, 6.45) is 3.97. The molecule has 1 aromatic carbocycles. The molecular weight excluding hydrogens is 279 g/mol. The summed E-state index contributed by atoms with van der Waals surface area (Å²) >= 11 is 0. The first-order valence-corrected chi connectivity index (χ1v) is 6.41. The molecule has 2 aromatic heterocycles. The molecule has 21 heavy (non-hydrogen) atoms. The molecule has 0 radical (unpaired) electrons. The molecule has 3 aromatic rings. The lowest BCUT2D eigenvalue weighted by atomic mass is 10.1. The van der Waals surface area contributed by atoms with Gasteiger partial charge < -0.3 is 14.1 Å². The molecule has 1 fully saturated rings. The molecular formula is C14H9FN2O4. The molecule has 1 aliphatic carbocycles. The second kappa shape index (κ2) is 3.91. The number of hydrogen-bond acceptors (Lipinski definition) is 4. The molecule has 0 bridgehead atoms. The van der Waals surface area contributed by atoms with Gasteiger partial charge in [0.05, 0.1) is 10.9 Å². The predicted molar refractivity (Wildman–Crippen MR) is 71.0 cm³/mol. The maximum absolute atomic E-state index is 14.6. The lowest BCUT2D eigenvalue weighted by Gasteiger charge is -2.12. The molecule has 7 heteroatoms. The minimum Gasteiger partial charge on any atom is -0.477 e. The van der Waals surface area contributed by atoms with Crippen LogP contribution in [0.25, 0.3) is 22.0 Å². The Bertz CT molecular complexity index is 968. The van der Waals surface area contributed by atoms with Crippen molar-refractivity contribution >= 4 is 28.0 Å². The zero-order valence-corrected chi connectivity index (χ0v) is 10.7. The van der Waals surface area contributed by atoms with E-state index in [1.807, 2.05) is 0 Å². The lowest BCUT2D eigenvalue weighted by Crippen LogP contribution is -2.19. The van der Waals surface area contributed by atoms with Crippen molar-refractivity contribution in [1.29, 1.82) is 0 Å². The Morgan fingerprint density at radius 2 is 2.24 bits per heavy atom. The van der Waals surface area contributed by atoms with Gasteiger partial charge in [0.25, 0.3) is 0 Å². The highest BCUT2D eigenvalue weighted by molar-refractivity contribution is 5.97. The summed E-state index contributed by atoms with van der Waals surface area (Å²) < 4.78 is 21.2. The minimum atomic E-state index is -1.32. The van der Waals surface area contributed by atoms with E-state index >= 15 is 0 Å². The van der Waals surface area contributed by atoms with Crippen molar-refractivity contribution in [3.63, 3.8) is 0 Å². The first kappa shape index (κ1) is 12.1. The fourth-order valence-electron chi connectivity index (χ4n) is 2.58. The van der Waals surface area contributed by atoms with Crippen molar-refractivity contribution in [2.75, 3.05) is 0 Å². The third-order valence-corrected chi connectivity index (χ3v) is 3.73. The number of aromatic nitrogens is 2. The maximum atomic E-state index is 14.6. The highest BCUT2D eigenvalue weighted by Gasteiger charge is 2.29. The van der Waals surface area contributed by atoms with E-state index in [1.165, 1.54) is 16.8 Å². The summed E-state index contributed by atoms with van der Waals surface area (Å²) in [5.41, 5.74) is -0.825. The van der Waals surface area contributed by atoms with Crippen LogP contribution < -0.4 is 5.43 Å². The van der Waals surface area contributed by atoms with Gasteiger partial charge in [-0.3, -0.25) is 4.79 Å². The van der Waals surface area contributed by atoms with Crippen LogP contribution in [0.5, 0.6) is 0 Å². The zero-order valence-electron chi connectivity index (χ0n) is 10.7. The SMILES string of the molecule is O=C(O)c1cn(C2CC2)c2c(F)c3ncoc3cc2c1=O. The molecule has 6 nitrogen and oxygen atoms in total. The van der Waals surface area contributed by atoms with Gasteiger partial charge in [0.15, 0.2) is 17.8 Å². The zero-order chi connectivity index (χ0) is 14.7. The molecule has 0 saturated heterocycles. The van der Waals surface area contributed by atoms with E-state index in [0.29, 0.717) is 0 Å². The molecule has 1 saturated carbocycles. The Hall–Kier alpha value is -2.70.